The quantitative estimate of drug-likeness (QED) is 0.836. The number of pyridine rings is 1. The van der Waals surface area contributed by atoms with Crippen molar-refractivity contribution in [1.82, 2.24) is 19.9 Å². The molecule has 3 heterocycles. The summed E-state index contributed by atoms with van der Waals surface area (Å²) in [5, 5.41) is 7.97. The van der Waals surface area contributed by atoms with Crippen LogP contribution in [0.3, 0.4) is 0 Å². The number of piperidine rings is 1. The molecule has 0 spiro atoms. The van der Waals surface area contributed by atoms with E-state index in [-0.39, 0.29) is 0 Å². The minimum atomic E-state index is 0.494. The van der Waals surface area contributed by atoms with Gasteiger partial charge in [-0.15, -0.1) is 0 Å². The van der Waals surface area contributed by atoms with E-state index < -0.39 is 0 Å². The predicted molar refractivity (Wildman–Crippen MR) is 70.2 cm³/mol. The second-order valence-corrected chi connectivity index (χ2v) is 4.92. The standard InChI is InChI=1S/C13H19N5/c14-9-11-2-1-3-13-16-12(17-18(11)13)8-10-4-6-15-7-5-10/h1-3,10,15H,4-9,14H2. The van der Waals surface area contributed by atoms with Crippen LogP contribution >= 0.6 is 0 Å². The van der Waals surface area contributed by atoms with E-state index in [1.807, 2.05) is 22.7 Å². The average molecular weight is 245 g/mol. The number of aromatic nitrogens is 3. The Balaban J connectivity index is 1.84. The van der Waals surface area contributed by atoms with E-state index in [9.17, 15) is 0 Å². The fraction of sp³-hybridized carbons (Fsp3) is 0.538. The number of fused-ring (bicyclic) bond motifs is 1. The molecule has 1 aliphatic heterocycles. The Labute approximate surface area is 106 Å². The van der Waals surface area contributed by atoms with Gasteiger partial charge in [0.05, 0.1) is 5.69 Å². The molecule has 5 nitrogen and oxygen atoms in total. The fourth-order valence-corrected chi connectivity index (χ4v) is 2.59. The van der Waals surface area contributed by atoms with Gasteiger partial charge in [0.15, 0.2) is 11.5 Å². The summed E-state index contributed by atoms with van der Waals surface area (Å²) in [7, 11) is 0. The summed E-state index contributed by atoms with van der Waals surface area (Å²) in [4.78, 5) is 4.59. The van der Waals surface area contributed by atoms with Crippen LogP contribution in [-0.4, -0.2) is 27.7 Å². The lowest BCUT2D eigenvalue weighted by Gasteiger charge is -2.20. The molecular formula is C13H19N5. The maximum Gasteiger partial charge on any atom is 0.155 e. The molecular weight excluding hydrogens is 226 g/mol. The number of nitrogens with one attached hydrogen (secondary N) is 1. The van der Waals surface area contributed by atoms with Gasteiger partial charge in [-0.1, -0.05) is 6.07 Å². The van der Waals surface area contributed by atoms with E-state index in [0.29, 0.717) is 12.5 Å². The van der Waals surface area contributed by atoms with Crippen LogP contribution in [-0.2, 0) is 13.0 Å². The highest BCUT2D eigenvalue weighted by Gasteiger charge is 2.16. The summed E-state index contributed by atoms with van der Waals surface area (Å²) < 4.78 is 1.87. The van der Waals surface area contributed by atoms with Crippen LogP contribution in [0.1, 0.15) is 24.4 Å². The van der Waals surface area contributed by atoms with E-state index in [1.165, 1.54) is 12.8 Å². The molecule has 96 valence electrons. The van der Waals surface area contributed by atoms with Crippen LogP contribution in [0.15, 0.2) is 18.2 Å². The zero-order chi connectivity index (χ0) is 12.4. The highest BCUT2D eigenvalue weighted by Crippen LogP contribution is 2.17. The molecule has 0 amide bonds. The van der Waals surface area contributed by atoms with Crippen LogP contribution in [0.5, 0.6) is 0 Å². The van der Waals surface area contributed by atoms with Crippen molar-refractivity contribution < 1.29 is 0 Å². The van der Waals surface area contributed by atoms with Gasteiger partial charge < -0.3 is 11.1 Å². The topological polar surface area (TPSA) is 68.2 Å². The molecule has 3 N–H and O–H groups in total. The van der Waals surface area contributed by atoms with Gasteiger partial charge in [0.25, 0.3) is 0 Å². The van der Waals surface area contributed by atoms with E-state index in [1.54, 1.807) is 0 Å². The SMILES string of the molecule is NCc1cccc2nc(CC3CCNCC3)nn12. The number of nitrogens with zero attached hydrogens (tertiary/aromatic N) is 3. The summed E-state index contributed by atoms with van der Waals surface area (Å²) in [5.41, 5.74) is 7.63. The summed E-state index contributed by atoms with van der Waals surface area (Å²) in [5.74, 6) is 1.66. The lowest BCUT2D eigenvalue weighted by molar-refractivity contribution is 0.367. The number of nitrogens with two attached hydrogens (primary N) is 1. The molecule has 0 bridgehead atoms. The van der Waals surface area contributed by atoms with Crippen molar-refractivity contribution in [2.24, 2.45) is 11.7 Å². The Hall–Kier alpha value is -1.46. The van der Waals surface area contributed by atoms with Crippen LogP contribution in [0.4, 0.5) is 0 Å². The maximum atomic E-state index is 5.71. The highest BCUT2D eigenvalue weighted by molar-refractivity contribution is 5.38. The largest absolute Gasteiger partial charge is 0.325 e. The van der Waals surface area contributed by atoms with Crippen molar-refractivity contribution in [2.45, 2.75) is 25.8 Å². The van der Waals surface area contributed by atoms with Crippen LogP contribution in [0.25, 0.3) is 5.65 Å². The van der Waals surface area contributed by atoms with Gasteiger partial charge in [-0.3, -0.25) is 0 Å². The molecule has 0 aromatic carbocycles. The Morgan fingerprint density at radius 2 is 2.17 bits per heavy atom. The van der Waals surface area contributed by atoms with E-state index in [4.69, 9.17) is 5.73 Å². The first-order valence-electron chi connectivity index (χ1n) is 6.61. The molecule has 2 aromatic heterocycles. The third-order valence-corrected chi connectivity index (χ3v) is 3.62. The van der Waals surface area contributed by atoms with Gasteiger partial charge in [0.2, 0.25) is 0 Å². The molecule has 0 atom stereocenters. The molecule has 18 heavy (non-hydrogen) atoms. The smallest absolute Gasteiger partial charge is 0.155 e. The number of rotatable bonds is 3. The number of hydrogen-bond acceptors (Lipinski definition) is 4. The molecule has 0 aliphatic carbocycles. The van der Waals surface area contributed by atoms with Gasteiger partial charge >= 0.3 is 0 Å². The van der Waals surface area contributed by atoms with Gasteiger partial charge in [0, 0.05) is 13.0 Å². The van der Waals surface area contributed by atoms with Crippen molar-refractivity contribution in [2.75, 3.05) is 13.1 Å². The normalized spacial score (nSPS) is 17.4. The molecule has 2 aromatic rings. The highest BCUT2D eigenvalue weighted by atomic mass is 15.3. The molecule has 0 saturated carbocycles. The molecule has 1 fully saturated rings. The van der Waals surface area contributed by atoms with Crippen LogP contribution in [0, 0.1) is 5.92 Å². The van der Waals surface area contributed by atoms with Crippen molar-refractivity contribution in [1.29, 1.82) is 0 Å². The minimum absolute atomic E-state index is 0.494. The second kappa shape index (κ2) is 5.04. The minimum Gasteiger partial charge on any atom is -0.325 e. The Bertz CT molecular complexity index is 527. The molecule has 0 radical (unpaired) electrons. The molecule has 1 aliphatic rings. The molecule has 5 heteroatoms. The van der Waals surface area contributed by atoms with Crippen LogP contribution < -0.4 is 11.1 Å². The zero-order valence-electron chi connectivity index (χ0n) is 10.5. The summed E-state index contributed by atoms with van der Waals surface area (Å²) >= 11 is 0. The van der Waals surface area contributed by atoms with Crippen molar-refractivity contribution in [3.8, 4) is 0 Å². The van der Waals surface area contributed by atoms with E-state index in [0.717, 1.165) is 36.7 Å². The van der Waals surface area contributed by atoms with Gasteiger partial charge in [-0.2, -0.15) is 5.10 Å². The third-order valence-electron chi connectivity index (χ3n) is 3.62. The zero-order valence-corrected chi connectivity index (χ0v) is 10.5. The predicted octanol–water partition coefficient (Wildman–Crippen LogP) is 0.730. The number of hydrogen-bond donors (Lipinski definition) is 2. The Morgan fingerprint density at radius 1 is 1.33 bits per heavy atom. The molecule has 0 unspecified atom stereocenters. The van der Waals surface area contributed by atoms with E-state index in [2.05, 4.69) is 15.4 Å². The summed E-state index contributed by atoms with van der Waals surface area (Å²) in [6.07, 6.45) is 3.42. The monoisotopic (exact) mass is 245 g/mol. The Morgan fingerprint density at radius 3 is 2.94 bits per heavy atom. The van der Waals surface area contributed by atoms with E-state index >= 15 is 0 Å². The second-order valence-electron chi connectivity index (χ2n) is 4.92. The van der Waals surface area contributed by atoms with Crippen LogP contribution in [0.2, 0.25) is 0 Å². The van der Waals surface area contributed by atoms with Gasteiger partial charge in [-0.25, -0.2) is 9.50 Å². The maximum absolute atomic E-state index is 5.71. The van der Waals surface area contributed by atoms with Crippen molar-refractivity contribution >= 4 is 5.65 Å². The average Bonchev–Trinajstić information content (AvgIpc) is 2.82. The van der Waals surface area contributed by atoms with Gasteiger partial charge in [0.1, 0.15) is 0 Å². The lowest BCUT2D eigenvalue weighted by atomic mass is 9.94. The van der Waals surface area contributed by atoms with Crippen molar-refractivity contribution in [3.63, 3.8) is 0 Å². The van der Waals surface area contributed by atoms with Gasteiger partial charge in [-0.05, 0) is 44.0 Å². The first-order valence-corrected chi connectivity index (χ1v) is 6.61. The summed E-state index contributed by atoms with van der Waals surface area (Å²) in [6.45, 7) is 2.73. The fourth-order valence-electron chi connectivity index (χ4n) is 2.59. The molecule has 1 saturated heterocycles. The first-order chi connectivity index (χ1) is 8.86. The van der Waals surface area contributed by atoms with Crippen molar-refractivity contribution in [3.05, 3.63) is 29.7 Å². The molecule has 3 rings (SSSR count). The third kappa shape index (κ3) is 2.23. The lowest BCUT2D eigenvalue weighted by Crippen LogP contribution is -2.28. The Kier molecular flexibility index (Phi) is 3.25. The first kappa shape index (κ1) is 11.6. The summed E-state index contributed by atoms with van der Waals surface area (Å²) in [6, 6.07) is 5.97.